The molecular formula is C18H24N8O2. The highest BCUT2D eigenvalue weighted by atomic mass is 16.5. The van der Waals surface area contributed by atoms with Gasteiger partial charge in [0.25, 0.3) is 0 Å². The van der Waals surface area contributed by atoms with Crippen molar-refractivity contribution in [3.05, 3.63) is 12.3 Å². The summed E-state index contributed by atoms with van der Waals surface area (Å²) in [5, 5.41) is 7.06. The molecule has 2 atom stereocenters. The predicted octanol–water partition coefficient (Wildman–Crippen LogP) is 1.19. The van der Waals surface area contributed by atoms with Crippen LogP contribution in [0.2, 0.25) is 0 Å². The lowest BCUT2D eigenvalue weighted by molar-refractivity contribution is 0.0530. The Labute approximate surface area is 162 Å². The van der Waals surface area contributed by atoms with Crippen LogP contribution in [0.3, 0.4) is 0 Å². The summed E-state index contributed by atoms with van der Waals surface area (Å²) < 4.78 is 11.3. The normalized spacial score (nSPS) is 23.5. The summed E-state index contributed by atoms with van der Waals surface area (Å²) in [5.74, 6) is 2.22. The van der Waals surface area contributed by atoms with E-state index in [1.807, 2.05) is 6.07 Å². The summed E-state index contributed by atoms with van der Waals surface area (Å²) in [5.41, 5.74) is 2.23. The summed E-state index contributed by atoms with van der Waals surface area (Å²) in [4.78, 5) is 22.3. The largest absolute Gasteiger partial charge is 0.377 e. The van der Waals surface area contributed by atoms with Crippen LogP contribution in [0.4, 0.5) is 11.8 Å². The lowest BCUT2D eigenvalue weighted by Crippen LogP contribution is -2.45. The molecule has 0 bridgehead atoms. The van der Waals surface area contributed by atoms with E-state index in [0.717, 1.165) is 42.3 Å². The van der Waals surface area contributed by atoms with Gasteiger partial charge in [-0.2, -0.15) is 15.1 Å². The molecule has 5 rings (SSSR count). The van der Waals surface area contributed by atoms with Crippen molar-refractivity contribution in [1.29, 1.82) is 0 Å². The van der Waals surface area contributed by atoms with Gasteiger partial charge < -0.3 is 24.3 Å². The molecule has 0 saturated carbocycles. The molecule has 3 aromatic rings. The summed E-state index contributed by atoms with van der Waals surface area (Å²) in [7, 11) is 0. The minimum Gasteiger partial charge on any atom is -0.377 e. The fraction of sp³-hybridized carbons (Fsp3) is 0.556. The van der Waals surface area contributed by atoms with E-state index in [4.69, 9.17) is 24.4 Å². The Morgan fingerprint density at radius 1 is 1.14 bits per heavy atom. The van der Waals surface area contributed by atoms with Crippen molar-refractivity contribution in [2.24, 2.45) is 0 Å². The van der Waals surface area contributed by atoms with Crippen LogP contribution >= 0.6 is 0 Å². The first-order valence-corrected chi connectivity index (χ1v) is 9.68. The molecule has 148 valence electrons. The highest BCUT2D eigenvalue weighted by Gasteiger charge is 2.27. The first kappa shape index (κ1) is 17.4. The van der Waals surface area contributed by atoms with Crippen LogP contribution in [-0.4, -0.2) is 81.7 Å². The fourth-order valence-electron chi connectivity index (χ4n) is 3.77. The number of aromatic amines is 2. The van der Waals surface area contributed by atoms with E-state index in [0.29, 0.717) is 31.6 Å². The van der Waals surface area contributed by atoms with Gasteiger partial charge in [-0.05, 0) is 19.9 Å². The minimum atomic E-state index is 0.147. The minimum absolute atomic E-state index is 0.147. The molecule has 0 unspecified atom stereocenters. The first-order valence-electron chi connectivity index (χ1n) is 9.68. The van der Waals surface area contributed by atoms with Gasteiger partial charge in [0.05, 0.1) is 32.0 Å². The van der Waals surface area contributed by atoms with Gasteiger partial charge >= 0.3 is 0 Å². The quantitative estimate of drug-likeness (QED) is 0.693. The van der Waals surface area contributed by atoms with E-state index in [1.165, 1.54) is 0 Å². The van der Waals surface area contributed by atoms with Gasteiger partial charge in [0, 0.05) is 25.8 Å². The number of H-pyrrole nitrogens is 2. The van der Waals surface area contributed by atoms with Crippen LogP contribution in [0.5, 0.6) is 0 Å². The standard InChI is InChI=1S/C18H24N8O2/c1-11-10-27-7-6-26(11)18-22-16-14(20-15(21-16)13-3-4-19-24-13)17(23-18)25-5-8-28-12(2)9-25/h3-4,11-12H,5-10H2,1-2H3,(H,19,24)(H,20,21,22,23)/t11-,12+/m0/s1. The number of ether oxygens (including phenoxy) is 2. The Balaban J connectivity index is 1.63. The molecule has 2 aliphatic heterocycles. The van der Waals surface area contributed by atoms with Crippen LogP contribution in [0.25, 0.3) is 22.7 Å². The van der Waals surface area contributed by atoms with Crippen LogP contribution in [-0.2, 0) is 9.47 Å². The lowest BCUT2D eigenvalue weighted by Gasteiger charge is -2.35. The number of imidazole rings is 1. The maximum absolute atomic E-state index is 5.71. The molecule has 10 nitrogen and oxygen atoms in total. The van der Waals surface area contributed by atoms with E-state index in [2.05, 4.69) is 38.8 Å². The van der Waals surface area contributed by atoms with E-state index in [1.54, 1.807) is 6.20 Å². The zero-order valence-corrected chi connectivity index (χ0v) is 16.1. The van der Waals surface area contributed by atoms with Crippen LogP contribution < -0.4 is 9.80 Å². The third-order valence-corrected chi connectivity index (χ3v) is 5.22. The van der Waals surface area contributed by atoms with Crippen LogP contribution in [0, 0.1) is 0 Å². The number of nitrogens with zero attached hydrogens (tertiary/aromatic N) is 6. The van der Waals surface area contributed by atoms with Crippen molar-refractivity contribution in [3.8, 4) is 11.5 Å². The number of hydrogen-bond acceptors (Lipinski definition) is 8. The van der Waals surface area contributed by atoms with Gasteiger partial charge in [-0.15, -0.1) is 0 Å². The third-order valence-electron chi connectivity index (χ3n) is 5.22. The second kappa shape index (κ2) is 7.02. The van der Waals surface area contributed by atoms with Crippen molar-refractivity contribution in [1.82, 2.24) is 30.1 Å². The summed E-state index contributed by atoms with van der Waals surface area (Å²) in [6.45, 7) is 8.55. The molecular weight excluding hydrogens is 360 g/mol. The molecule has 28 heavy (non-hydrogen) atoms. The molecule has 0 aliphatic carbocycles. The maximum Gasteiger partial charge on any atom is 0.229 e. The molecule has 3 aromatic heterocycles. The van der Waals surface area contributed by atoms with Crippen molar-refractivity contribution in [2.75, 3.05) is 49.3 Å². The van der Waals surface area contributed by atoms with Gasteiger partial charge in [-0.25, -0.2) is 4.98 Å². The van der Waals surface area contributed by atoms with Crippen LogP contribution in [0.15, 0.2) is 12.3 Å². The Morgan fingerprint density at radius 2 is 2.07 bits per heavy atom. The Morgan fingerprint density at radius 3 is 2.86 bits per heavy atom. The van der Waals surface area contributed by atoms with E-state index >= 15 is 0 Å². The zero-order chi connectivity index (χ0) is 19.1. The molecule has 0 aromatic carbocycles. The molecule has 2 saturated heterocycles. The lowest BCUT2D eigenvalue weighted by atomic mass is 10.2. The average Bonchev–Trinajstić information content (AvgIpc) is 3.37. The SMILES string of the molecule is C[C@@H]1CN(c2nc(N3CCOC[C@@H]3C)nc3[nH]c(-c4cc[nH]n4)nc23)CCO1. The fourth-order valence-corrected chi connectivity index (χ4v) is 3.77. The smallest absolute Gasteiger partial charge is 0.229 e. The van der Waals surface area contributed by atoms with Gasteiger partial charge in [-0.1, -0.05) is 0 Å². The number of aromatic nitrogens is 6. The molecule has 0 amide bonds. The molecule has 2 aliphatic rings. The van der Waals surface area contributed by atoms with Gasteiger partial charge in [0.1, 0.15) is 5.69 Å². The number of rotatable bonds is 3. The zero-order valence-electron chi connectivity index (χ0n) is 16.1. The third kappa shape index (κ3) is 3.08. The van der Waals surface area contributed by atoms with Gasteiger partial charge in [-0.3, -0.25) is 5.10 Å². The number of morpholine rings is 2. The number of anilines is 2. The summed E-state index contributed by atoms with van der Waals surface area (Å²) in [6.07, 6.45) is 1.92. The number of nitrogens with one attached hydrogen (secondary N) is 2. The second-order valence-corrected chi connectivity index (χ2v) is 7.33. The number of hydrogen-bond donors (Lipinski definition) is 2. The Bertz CT molecular complexity index is 956. The van der Waals surface area contributed by atoms with Crippen molar-refractivity contribution in [2.45, 2.75) is 26.0 Å². The van der Waals surface area contributed by atoms with E-state index in [9.17, 15) is 0 Å². The van der Waals surface area contributed by atoms with Gasteiger partial charge in [0.15, 0.2) is 22.8 Å². The van der Waals surface area contributed by atoms with E-state index < -0.39 is 0 Å². The summed E-state index contributed by atoms with van der Waals surface area (Å²) >= 11 is 0. The predicted molar refractivity (Wildman–Crippen MR) is 105 cm³/mol. The topological polar surface area (TPSA) is 108 Å². The van der Waals surface area contributed by atoms with Gasteiger partial charge in [0.2, 0.25) is 5.95 Å². The molecule has 5 heterocycles. The van der Waals surface area contributed by atoms with Crippen molar-refractivity contribution >= 4 is 22.9 Å². The Kier molecular flexibility index (Phi) is 4.36. The second-order valence-electron chi connectivity index (χ2n) is 7.33. The van der Waals surface area contributed by atoms with Crippen molar-refractivity contribution < 1.29 is 9.47 Å². The number of fused-ring (bicyclic) bond motifs is 1. The molecule has 2 N–H and O–H groups in total. The molecule has 2 fully saturated rings. The highest BCUT2D eigenvalue weighted by Crippen LogP contribution is 2.29. The van der Waals surface area contributed by atoms with E-state index in [-0.39, 0.29) is 12.1 Å². The molecule has 0 radical (unpaired) electrons. The van der Waals surface area contributed by atoms with Crippen LogP contribution in [0.1, 0.15) is 13.8 Å². The molecule has 10 heteroatoms. The summed E-state index contributed by atoms with van der Waals surface area (Å²) in [6, 6.07) is 2.10. The molecule has 0 spiro atoms. The highest BCUT2D eigenvalue weighted by molar-refractivity contribution is 5.87. The Hall–Kier alpha value is -2.72. The monoisotopic (exact) mass is 384 g/mol. The van der Waals surface area contributed by atoms with Crippen molar-refractivity contribution in [3.63, 3.8) is 0 Å². The first-order chi connectivity index (χ1) is 13.7. The average molecular weight is 384 g/mol. The maximum atomic E-state index is 5.71.